The second kappa shape index (κ2) is 6.50. The average Bonchev–Trinajstić information content (AvgIpc) is 2.74. The Bertz CT molecular complexity index is 545. The molecule has 0 amide bonds. The van der Waals surface area contributed by atoms with Crippen molar-refractivity contribution in [3.63, 3.8) is 0 Å². The molecule has 3 rings (SSSR count). The Kier molecular flexibility index (Phi) is 4.47. The van der Waals surface area contributed by atoms with Gasteiger partial charge in [0.2, 0.25) is 5.89 Å². The zero-order chi connectivity index (χ0) is 13.8. The lowest BCUT2D eigenvalue weighted by Gasteiger charge is -2.09. The highest BCUT2D eigenvalue weighted by atomic mass is 79.9. The number of aromatic nitrogens is 2. The largest absolute Gasteiger partial charge is 0.339 e. The molecule has 2 aromatic rings. The van der Waals surface area contributed by atoms with Crippen molar-refractivity contribution in [2.24, 2.45) is 0 Å². The summed E-state index contributed by atoms with van der Waals surface area (Å²) >= 11 is 3.43. The lowest BCUT2D eigenvalue weighted by atomic mass is 10.1. The first kappa shape index (κ1) is 13.8. The first-order chi connectivity index (χ1) is 9.81. The highest BCUT2D eigenvalue weighted by molar-refractivity contribution is 9.10. The molecule has 1 fully saturated rings. The van der Waals surface area contributed by atoms with Gasteiger partial charge >= 0.3 is 0 Å². The highest BCUT2D eigenvalue weighted by Gasteiger charge is 2.19. The van der Waals surface area contributed by atoms with Gasteiger partial charge in [-0.1, -0.05) is 46.1 Å². The fraction of sp³-hybridized carbons (Fsp3) is 0.467. The van der Waals surface area contributed by atoms with Crippen molar-refractivity contribution in [3.8, 4) is 0 Å². The Balaban J connectivity index is 1.68. The summed E-state index contributed by atoms with van der Waals surface area (Å²) in [5.41, 5.74) is 1.18. The van der Waals surface area contributed by atoms with Gasteiger partial charge in [0.1, 0.15) is 0 Å². The summed E-state index contributed by atoms with van der Waals surface area (Å²) in [6.45, 7) is 1.04. The van der Waals surface area contributed by atoms with Crippen molar-refractivity contribution < 1.29 is 4.52 Å². The second-order valence-electron chi connectivity index (χ2n) is 5.21. The molecule has 1 aromatic carbocycles. The molecule has 1 saturated heterocycles. The van der Waals surface area contributed by atoms with Crippen LogP contribution in [0.15, 0.2) is 33.3 Å². The molecule has 20 heavy (non-hydrogen) atoms. The van der Waals surface area contributed by atoms with Crippen molar-refractivity contribution in [1.29, 1.82) is 0 Å². The van der Waals surface area contributed by atoms with Gasteiger partial charge in [0.25, 0.3) is 0 Å². The molecule has 1 N–H and O–H groups in total. The van der Waals surface area contributed by atoms with Crippen LogP contribution in [0.4, 0.5) is 0 Å². The van der Waals surface area contributed by atoms with Gasteiger partial charge in [-0.05, 0) is 37.1 Å². The summed E-state index contributed by atoms with van der Waals surface area (Å²) in [4.78, 5) is 4.54. The van der Waals surface area contributed by atoms with Crippen LogP contribution in [-0.2, 0) is 6.42 Å². The van der Waals surface area contributed by atoms with E-state index in [9.17, 15) is 0 Å². The van der Waals surface area contributed by atoms with Crippen molar-refractivity contribution in [3.05, 3.63) is 46.0 Å². The molecule has 0 saturated carbocycles. The predicted octanol–water partition coefficient (Wildman–Crippen LogP) is 3.63. The minimum atomic E-state index is 0.250. The van der Waals surface area contributed by atoms with Crippen LogP contribution in [0.3, 0.4) is 0 Å². The first-order valence-electron chi connectivity index (χ1n) is 7.11. The van der Waals surface area contributed by atoms with Crippen molar-refractivity contribution in [2.45, 2.75) is 38.1 Å². The molecule has 4 nitrogen and oxygen atoms in total. The quantitative estimate of drug-likeness (QED) is 0.930. The molecule has 1 unspecified atom stereocenters. The van der Waals surface area contributed by atoms with Gasteiger partial charge in [-0.15, -0.1) is 0 Å². The Hall–Kier alpha value is -1.20. The molecule has 2 heterocycles. The average molecular weight is 336 g/mol. The number of benzene rings is 1. The van der Waals surface area contributed by atoms with Gasteiger partial charge in [0.15, 0.2) is 5.82 Å². The monoisotopic (exact) mass is 335 g/mol. The maximum atomic E-state index is 5.38. The molecular formula is C15H18BrN3O. The normalized spacial score (nSPS) is 19.8. The van der Waals surface area contributed by atoms with E-state index in [1.54, 1.807) is 0 Å². The van der Waals surface area contributed by atoms with E-state index in [0.717, 1.165) is 23.3 Å². The Morgan fingerprint density at radius 2 is 2.05 bits per heavy atom. The van der Waals surface area contributed by atoms with Gasteiger partial charge in [0.05, 0.1) is 12.5 Å². The second-order valence-corrected chi connectivity index (χ2v) is 6.12. The van der Waals surface area contributed by atoms with Crippen LogP contribution in [-0.4, -0.2) is 16.7 Å². The fourth-order valence-corrected chi connectivity index (χ4v) is 2.77. The van der Waals surface area contributed by atoms with Crippen molar-refractivity contribution in [1.82, 2.24) is 15.5 Å². The van der Waals surface area contributed by atoms with Crippen LogP contribution in [0.25, 0.3) is 0 Å². The summed E-state index contributed by atoms with van der Waals surface area (Å²) in [6, 6.07) is 8.44. The van der Waals surface area contributed by atoms with E-state index in [4.69, 9.17) is 4.52 Å². The van der Waals surface area contributed by atoms with Gasteiger partial charge in [-0.3, -0.25) is 0 Å². The summed E-state index contributed by atoms with van der Waals surface area (Å²) in [5.74, 6) is 1.49. The maximum absolute atomic E-state index is 5.38. The smallest absolute Gasteiger partial charge is 0.231 e. The summed E-state index contributed by atoms with van der Waals surface area (Å²) < 4.78 is 6.46. The molecule has 0 radical (unpaired) electrons. The van der Waals surface area contributed by atoms with E-state index in [1.165, 1.54) is 24.8 Å². The summed E-state index contributed by atoms with van der Waals surface area (Å²) in [6.07, 6.45) is 5.53. The molecule has 1 aromatic heterocycles. The molecule has 0 spiro atoms. The van der Waals surface area contributed by atoms with Crippen molar-refractivity contribution >= 4 is 15.9 Å². The molecule has 1 aliphatic rings. The van der Waals surface area contributed by atoms with E-state index < -0.39 is 0 Å². The molecule has 106 valence electrons. The third kappa shape index (κ3) is 3.46. The highest BCUT2D eigenvalue weighted by Crippen LogP contribution is 2.21. The van der Waals surface area contributed by atoms with Gasteiger partial charge in [-0.25, -0.2) is 0 Å². The Labute approximate surface area is 127 Å². The van der Waals surface area contributed by atoms with Crippen LogP contribution in [0, 0.1) is 0 Å². The number of hydrogen-bond acceptors (Lipinski definition) is 4. The third-order valence-electron chi connectivity index (χ3n) is 3.62. The lowest BCUT2D eigenvalue weighted by molar-refractivity contribution is 0.369. The predicted molar refractivity (Wildman–Crippen MR) is 80.5 cm³/mol. The standard InChI is InChI=1S/C15H18BrN3O/c16-12-7-5-11(6-8-12)10-14-18-15(19-20-14)13-4-2-1-3-9-17-13/h5-8,13,17H,1-4,9-10H2. The Morgan fingerprint density at radius 1 is 1.20 bits per heavy atom. The molecule has 0 bridgehead atoms. The lowest BCUT2D eigenvalue weighted by Crippen LogP contribution is -2.21. The number of nitrogens with one attached hydrogen (secondary N) is 1. The van der Waals surface area contributed by atoms with E-state index in [-0.39, 0.29) is 6.04 Å². The van der Waals surface area contributed by atoms with Crippen molar-refractivity contribution in [2.75, 3.05) is 6.54 Å². The minimum absolute atomic E-state index is 0.250. The molecule has 0 aliphatic carbocycles. The van der Waals surface area contributed by atoms with E-state index >= 15 is 0 Å². The molecule has 1 aliphatic heterocycles. The number of hydrogen-bond donors (Lipinski definition) is 1. The number of rotatable bonds is 3. The maximum Gasteiger partial charge on any atom is 0.231 e. The van der Waals surface area contributed by atoms with Crippen LogP contribution in [0.2, 0.25) is 0 Å². The molecular weight excluding hydrogens is 318 g/mol. The van der Waals surface area contributed by atoms with Crippen LogP contribution >= 0.6 is 15.9 Å². The minimum Gasteiger partial charge on any atom is -0.339 e. The number of halogens is 1. The van der Waals surface area contributed by atoms with E-state index in [0.29, 0.717) is 12.3 Å². The van der Waals surface area contributed by atoms with Crippen LogP contribution in [0.5, 0.6) is 0 Å². The summed E-state index contributed by atoms with van der Waals surface area (Å²) in [7, 11) is 0. The van der Waals surface area contributed by atoms with E-state index in [2.05, 4.69) is 43.5 Å². The van der Waals surface area contributed by atoms with Gasteiger partial charge in [-0.2, -0.15) is 4.98 Å². The molecule has 1 atom stereocenters. The summed E-state index contributed by atoms with van der Waals surface area (Å²) in [5, 5.41) is 7.63. The van der Waals surface area contributed by atoms with Crippen LogP contribution < -0.4 is 5.32 Å². The van der Waals surface area contributed by atoms with E-state index in [1.807, 2.05) is 12.1 Å². The zero-order valence-electron chi connectivity index (χ0n) is 11.3. The zero-order valence-corrected chi connectivity index (χ0v) is 12.9. The third-order valence-corrected chi connectivity index (χ3v) is 4.15. The number of nitrogens with zero attached hydrogens (tertiary/aromatic N) is 2. The topological polar surface area (TPSA) is 51.0 Å². The Morgan fingerprint density at radius 3 is 2.90 bits per heavy atom. The van der Waals surface area contributed by atoms with Crippen LogP contribution in [0.1, 0.15) is 49.0 Å². The SMILES string of the molecule is Brc1ccc(Cc2nc(C3CCCCCN3)no2)cc1. The molecule has 5 heteroatoms. The van der Waals surface area contributed by atoms with Gasteiger partial charge in [0, 0.05) is 4.47 Å². The van der Waals surface area contributed by atoms with Gasteiger partial charge < -0.3 is 9.84 Å². The fourth-order valence-electron chi connectivity index (χ4n) is 2.51. The first-order valence-corrected chi connectivity index (χ1v) is 7.91.